The lowest BCUT2D eigenvalue weighted by Crippen LogP contribution is -2.13. The van der Waals surface area contributed by atoms with E-state index in [1.54, 1.807) is 7.11 Å². The van der Waals surface area contributed by atoms with Gasteiger partial charge in [0.15, 0.2) is 0 Å². The maximum atomic E-state index is 5.43. The molecule has 28 heavy (non-hydrogen) atoms. The molecule has 0 spiro atoms. The standard InChI is InChI=1S/C23H28N4O/c1-17(2)16-25-22-15-20(18-9-5-4-6-10-18)26-23(27-22)24-14-13-19-11-7-8-12-21(19)28-3/h4-12,15,17H,13-14,16H2,1-3H3,(H2,24,25,26,27). The number of anilines is 2. The van der Waals surface area contributed by atoms with Crippen LogP contribution in [0.25, 0.3) is 11.3 Å². The third kappa shape index (κ3) is 5.46. The van der Waals surface area contributed by atoms with Gasteiger partial charge in [0.25, 0.3) is 0 Å². The Morgan fingerprint density at radius 3 is 2.43 bits per heavy atom. The smallest absolute Gasteiger partial charge is 0.225 e. The Morgan fingerprint density at radius 2 is 1.68 bits per heavy atom. The Balaban J connectivity index is 1.76. The van der Waals surface area contributed by atoms with Crippen LogP contribution in [0.4, 0.5) is 11.8 Å². The summed E-state index contributed by atoms with van der Waals surface area (Å²) < 4.78 is 5.43. The van der Waals surface area contributed by atoms with E-state index in [4.69, 9.17) is 9.72 Å². The van der Waals surface area contributed by atoms with Gasteiger partial charge in [-0.05, 0) is 24.0 Å². The van der Waals surface area contributed by atoms with Crippen LogP contribution in [0, 0.1) is 5.92 Å². The molecule has 3 rings (SSSR count). The number of nitrogens with zero attached hydrogens (tertiary/aromatic N) is 2. The van der Waals surface area contributed by atoms with E-state index in [1.165, 1.54) is 0 Å². The highest BCUT2D eigenvalue weighted by Gasteiger charge is 2.08. The van der Waals surface area contributed by atoms with E-state index in [9.17, 15) is 0 Å². The minimum atomic E-state index is 0.539. The van der Waals surface area contributed by atoms with E-state index < -0.39 is 0 Å². The molecular weight excluding hydrogens is 348 g/mol. The first-order chi connectivity index (χ1) is 13.7. The van der Waals surface area contributed by atoms with Gasteiger partial charge in [-0.3, -0.25) is 0 Å². The molecule has 0 bridgehead atoms. The van der Waals surface area contributed by atoms with Gasteiger partial charge in [-0.2, -0.15) is 4.98 Å². The summed E-state index contributed by atoms with van der Waals surface area (Å²) in [4.78, 5) is 9.35. The lowest BCUT2D eigenvalue weighted by Gasteiger charge is -2.13. The van der Waals surface area contributed by atoms with Crippen LogP contribution in [0.3, 0.4) is 0 Å². The van der Waals surface area contributed by atoms with Crippen molar-refractivity contribution >= 4 is 11.8 Å². The van der Waals surface area contributed by atoms with E-state index >= 15 is 0 Å². The summed E-state index contributed by atoms with van der Waals surface area (Å²) in [6, 6.07) is 20.2. The van der Waals surface area contributed by atoms with Gasteiger partial charge in [0, 0.05) is 24.7 Å². The third-order valence-corrected chi connectivity index (χ3v) is 4.36. The highest BCUT2D eigenvalue weighted by Crippen LogP contribution is 2.22. The van der Waals surface area contributed by atoms with Crippen molar-refractivity contribution in [1.82, 2.24) is 9.97 Å². The monoisotopic (exact) mass is 376 g/mol. The number of hydrogen-bond acceptors (Lipinski definition) is 5. The predicted octanol–water partition coefficient (Wildman–Crippen LogP) is 4.87. The SMILES string of the molecule is COc1ccccc1CCNc1nc(NCC(C)C)cc(-c2ccccc2)n1. The molecule has 0 aliphatic heterocycles. The number of nitrogens with one attached hydrogen (secondary N) is 2. The third-order valence-electron chi connectivity index (χ3n) is 4.36. The number of hydrogen-bond donors (Lipinski definition) is 2. The number of aromatic nitrogens is 2. The topological polar surface area (TPSA) is 59.1 Å². The lowest BCUT2D eigenvalue weighted by atomic mass is 10.1. The molecule has 5 nitrogen and oxygen atoms in total. The number of rotatable bonds is 9. The quantitative estimate of drug-likeness (QED) is 0.558. The summed E-state index contributed by atoms with van der Waals surface area (Å²) in [5, 5.41) is 6.77. The summed E-state index contributed by atoms with van der Waals surface area (Å²) in [6.45, 7) is 5.95. The van der Waals surface area contributed by atoms with Crippen LogP contribution >= 0.6 is 0 Å². The lowest BCUT2D eigenvalue weighted by molar-refractivity contribution is 0.410. The minimum Gasteiger partial charge on any atom is -0.496 e. The normalized spacial score (nSPS) is 10.7. The van der Waals surface area contributed by atoms with Gasteiger partial charge in [0.1, 0.15) is 11.6 Å². The van der Waals surface area contributed by atoms with Gasteiger partial charge in [-0.1, -0.05) is 62.4 Å². The molecule has 0 unspecified atom stereocenters. The molecule has 0 radical (unpaired) electrons. The second-order valence-corrected chi connectivity index (χ2v) is 7.09. The molecule has 0 amide bonds. The van der Waals surface area contributed by atoms with Crippen LogP contribution in [0.1, 0.15) is 19.4 Å². The first-order valence-corrected chi connectivity index (χ1v) is 9.70. The highest BCUT2D eigenvalue weighted by atomic mass is 16.5. The molecule has 2 aromatic carbocycles. The Hall–Kier alpha value is -3.08. The number of ether oxygens (including phenoxy) is 1. The molecule has 0 fully saturated rings. The van der Waals surface area contributed by atoms with Crippen molar-refractivity contribution in [1.29, 1.82) is 0 Å². The molecule has 0 saturated carbocycles. The average molecular weight is 377 g/mol. The molecule has 5 heteroatoms. The van der Waals surface area contributed by atoms with Gasteiger partial charge in [-0.25, -0.2) is 4.98 Å². The van der Waals surface area contributed by atoms with Crippen molar-refractivity contribution in [3.8, 4) is 17.0 Å². The summed E-state index contributed by atoms with van der Waals surface area (Å²) >= 11 is 0. The highest BCUT2D eigenvalue weighted by molar-refractivity contribution is 5.64. The first-order valence-electron chi connectivity index (χ1n) is 9.70. The summed E-state index contributed by atoms with van der Waals surface area (Å²) in [7, 11) is 1.70. The fourth-order valence-corrected chi connectivity index (χ4v) is 2.90. The van der Waals surface area contributed by atoms with Gasteiger partial charge in [-0.15, -0.1) is 0 Å². The van der Waals surface area contributed by atoms with Crippen LogP contribution in [-0.4, -0.2) is 30.2 Å². The van der Waals surface area contributed by atoms with Crippen LogP contribution in [-0.2, 0) is 6.42 Å². The zero-order valence-corrected chi connectivity index (χ0v) is 16.8. The fraction of sp³-hybridized carbons (Fsp3) is 0.304. The molecule has 0 aliphatic rings. The zero-order valence-electron chi connectivity index (χ0n) is 16.8. The van der Waals surface area contributed by atoms with E-state index in [0.717, 1.165) is 47.9 Å². The second kappa shape index (κ2) is 9.74. The van der Waals surface area contributed by atoms with E-state index in [-0.39, 0.29) is 0 Å². The zero-order chi connectivity index (χ0) is 19.8. The molecule has 0 aliphatic carbocycles. The number of para-hydroxylation sites is 1. The Bertz CT molecular complexity index is 881. The maximum Gasteiger partial charge on any atom is 0.225 e. The number of benzene rings is 2. The van der Waals surface area contributed by atoms with Crippen molar-refractivity contribution < 1.29 is 4.74 Å². The van der Waals surface area contributed by atoms with Crippen LogP contribution in [0.15, 0.2) is 60.7 Å². The largest absolute Gasteiger partial charge is 0.496 e. The summed E-state index contributed by atoms with van der Waals surface area (Å²) in [5.74, 6) is 2.91. The minimum absolute atomic E-state index is 0.539. The van der Waals surface area contributed by atoms with Crippen LogP contribution in [0.5, 0.6) is 5.75 Å². The first kappa shape index (κ1) is 19.7. The number of methoxy groups -OCH3 is 1. The second-order valence-electron chi connectivity index (χ2n) is 7.09. The molecule has 0 saturated heterocycles. The average Bonchev–Trinajstić information content (AvgIpc) is 2.73. The van der Waals surface area contributed by atoms with Crippen LogP contribution < -0.4 is 15.4 Å². The molecule has 1 aromatic heterocycles. The molecule has 3 aromatic rings. The van der Waals surface area contributed by atoms with Crippen molar-refractivity contribution in [2.24, 2.45) is 5.92 Å². The van der Waals surface area contributed by atoms with Gasteiger partial charge in [0.05, 0.1) is 12.8 Å². The van der Waals surface area contributed by atoms with Gasteiger partial charge < -0.3 is 15.4 Å². The van der Waals surface area contributed by atoms with E-state index in [2.05, 4.69) is 47.7 Å². The van der Waals surface area contributed by atoms with Gasteiger partial charge >= 0.3 is 0 Å². The summed E-state index contributed by atoms with van der Waals surface area (Å²) in [5.41, 5.74) is 3.14. The summed E-state index contributed by atoms with van der Waals surface area (Å²) in [6.07, 6.45) is 0.831. The van der Waals surface area contributed by atoms with E-state index in [1.807, 2.05) is 42.5 Å². The Morgan fingerprint density at radius 1 is 0.929 bits per heavy atom. The molecule has 1 heterocycles. The van der Waals surface area contributed by atoms with Crippen LogP contribution in [0.2, 0.25) is 0 Å². The Labute approximate surface area is 167 Å². The van der Waals surface area contributed by atoms with E-state index in [0.29, 0.717) is 11.9 Å². The molecule has 2 N–H and O–H groups in total. The van der Waals surface area contributed by atoms with Crippen molar-refractivity contribution in [2.75, 3.05) is 30.8 Å². The van der Waals surface area contributed by atoms with Gasteiger partial charge in [0.2, 0.25) is 5.95 Å². The van der Waals surface area contributed by atoms with Crippen molar-refractivity contribution in [3.05, 3.63) is 66.2 Å². The predicted molar refractivity (Wildman–Crippen MR) is 116 cm³/mol. The fourth-order valence-electron chi connectivity index (χ4n) is 2.90. The van der Waals surface area contributed by atoms with Crippen molar-refractivity contribution in [2.45, 2.75) is 20.3 Å². The Kier molecular flexibility index (Phi) is 6.84. The van der Waals surface area contributed by atoms with Crippen molar-refractivity contribution in [3.63, 3.8) is 0 Å². The molecule has 0 atom stereocenters. The molecule has 146 valence electrons. The maximum absolute atomic E-state index is 5.43. The molecular formula is C23H28N4O.